The van der Waals surface area contributed by atoms with E-state index in [0.717, 1.165) is 25.2 Å². The molecular weight excluding hydrogens is 331 g/mol. The molecular formula is C17H20ClFN4O. The minimum atomic E-state index is -0.328. The quantitative estimate of drug-likeness (QED) is 0.851. The predicted molar refractivity (Wildman–Crippen MR) is 90.5 cm³/mol. The average Bonchev–Trinajstić information content (AvgIpc) is 3.06. The zero-order valence-electron chi connectivity index (χ0n) is 13.6. The van der Waals surface area contributed by atoms with Crippen LogP contribution in [-0.2, 0) is 13.1 Å². The predicted octanol–water partition coefficient (Wildman–Crippen LogP) is 2.65. The Hall–Kier alpha value is -1.92. The maximum atomic E-state index is 13.1. The molecule has 1 aromatic heterocycles. The fraction of sp³-hybridized carbons (Fsp3) is 0.412. The van der Waals surface area contributed by atoms with E-state index in [1.807, 2.05) is 18.0 Å². The van der Waals surface area contributed by atoms with Gasteiger partial charge in [0, 0.05) is 50.5 Å². The summed E-state index contributed by atoms with van der Waals surface area (Å²) in [6.45, 7) is 6.21. The van der Waals surface area contributed by atoms with E-state index in [2.05, 4.69) is 10.00 Å². The summed E-state index contributed by atoms with van der Waals surface area (Å²) in [5, 5.41) is 4.71. The molecule has 3 rings (SSSR count). The van der Waals surface area contributed by atoms with Crippen molar-refractivity contribution >= 4 is 17.5 Å². The smallest absolute Gasteiger partial charge is 0.274 e. The number of halogens is 2. The van der Waals surface area contributed by atoms with Crippen molar-refractivity contribution in [3.8, 4) is 0 Å². The van der Waals surface area contributed by atoms with Crippen LogP contribution in [0.5, 0.6) is 0 Å². The number of piperazine rings is 1. The van der Waals surface area contributed by atoms with E-state index in [1.54, 1.807) is 16.8 Å². The Morgan fingerprint density at radius 1 is 1.25 bits per heavy atom. The minimum absolute atomic E-state index is 0.0262. The van der Waals surface area contributed by atoms with Crippen LogP contribution in [0.2, 0.25) is 5.02 Å². The zero-order valence-corrected chi connectivity index (χ0v) is 14.3. The topological polar surface area (TPSA) is 41.4 Å². The molecule has 1 saturated heterocycles. The van der Waals surface area contributed by atoms with E-state index >= 15 is 0 Å². The van der Waals surface area contributed by atoms with Crippen molar-refractivity contribution in [1.29, 1.82) is 0 Å². The van der Waals surface area contributed by atoms with E-state index in [9.17, 15) is 9.18 Å². The van der Waals surface area contributed by atoms with E-state index in [-0.39, 0.29) is 11.7 Å². The number of aromatic nitrogens is 2. The number of amides is 1. The summed E-state index contributed by atoms with van der Waals surface area (Å²) in [4.78, 5) is 16.5. The van der Waals surface area contributed by atoms with Crippen LogP contribution in [0.3, 0.4) is 0 Å². The van der Waals surface area contributed by atoms with Crippen molar-refractivity contribution in [2.24, 2.45) is 0 Å². The van der Waals surface area contributed by atoms with Crippen LogP contribution in [0, 0.1) is 5.82 Å². The normalized spacial score (nSPS) is 15.7. The Bertz CT molecular complexity index is 725. The van der Waals surface area contributed by atoms with Crippen LogP contribution in [0.15, 0.2) is 30.5 Å². The molecule has 128 valence electrons. The number of benzene rings is 1. The van der Waals surface area contributed by atoms with Gasteiger partial charge in [0.15, 0.2) is 0 Å². The number of carbonyl (C=O) groups is 1. The maximum absolute atomic E-state index is 13.1. The molecule has 7 heteroatoms. The molecule has 0 N–H and O–H groups in total. The van der Waals surface area contributed by atoms with Crippen LogP contribution in [-0.4, -0.2) is 51.7 Å². The van der Waals surface area contributed by atoms with Crippen LogP contribution < -0.4 is 0 Å². The number of hydrogen-bond acceptors (Lipinski definition) is 3. The lowest BCUT2D eigenvalue weighted by molar-refractivity contribution is 0.0622. The monoisotopic (exact) mass is 350 g/mol. The van der Waals surface area contributed by atoms with Gasteiger partial charge in [-0.2, -0.15) is 5.10 Å². The summed E-state index contributed by atoms with van der Waals surface area (Å²) in [6.07, 6.45) is 1.82. The van der Waals surface area contributed by atoms with Crippen LogP contribution >= 0.6 is 11.6 Å². The second-order valence-electron chi connectivity index (χ2n) is 5.86. The summed E-state index contributed by atoms with van der Waals surface area (Å²) < 4.78 is 14.9. The number of hydrogen-bond donors (Lipinski definition) is 0. The number of rotatable bonds is 4. The Morgan fingerprint density at radius 3 is 2.62 bits per heavy atom. The summed E-state index contributed by atoms with van der Waals surface area (Å²) >= 11 is 6.08. The molecule has 0 spiro atoms. The first-order chi connectivity index (χ1) is 11.6. The van der Waals surface area contributed by atoms with Gasteiger partial charge in [-0.1, -0.05) is 17.7 Å². The molecule has 1 aliphatic heterocycles. The lowest BCUT2D eigenvalue weighted by Crippen LogP contribution is -2.48. The van der Waals surface area contributed by atoms with Gasteiger partial charge in [0.25, 0.3) is 5.91 Å². The molecule has 5 nitrogen and oxygen atoms in total. The van der Waals surface area contributed by atoms with Gasteiger partial charge in [-0.25, -0.2) is 4.39 Å². The fourth-order valence-electron chi connectivity index (χ4n) is 2.81. The van der Waals surface area contributed by atoms with Gasteiger partial charge in [-0.3, -0.25) is 14.4 Å². The summed E-state index contributed by atoms with van der Waals surface area (Å²) in [6, 6.07) is 6.23. The third kappa shape index (κ3) is 3.76. The zero-order chi connectivity index (χ0) is 17.1. The molecule has 1 aliphatic rings. The van der Waals surface area contributed by atoms with Crippen molar-refractivity contribution in [2.45, 2.75) is 20.0 Å². The Morgan fingerprint density at radius 2 is 2.00 bits per heavy atom. The highest BCUT2D eigenvalue weighted by molar-refractivity contribution is 6.31. The van der Waals surface area contributed by atoms with Crippen molar-refractivity contribution in [3.05, 3.63) is 52.6 Å². The SMILES string of the molecule is CCn1ccc(C(=O)N2CCN(Cc3ccc(F)cc3Cl)CC2)n1. The van der Waals surface area contributed by atoms with Gasteiger partial charge in [-0.05, 0) is 30.7 Å². The largest absolute Gasteiger partial charge is 0.335 e. The molecule has 24 heavy (non-hydrogen) atoms. The Balaban J connectivity index is 1.56. The molecule has 0 bridgehead atoms. The van der Waals surface area contributed by atoms with Crippen LogP contribution in [0.1, 0.15) is 23.0 Å². The third-order valence-electron chi connectivity index (χ3n) is 4.25. The van der Waals surface area contributed by atoms with E-state index in [0.29, 0.717) is 30.4 Å². The molecule has 1 aromatic carbocycles. The van der Waals surface area contributed by atoms with Gasteiger partial charge < -0.3 is 4.90 Å². The molecule has 1 amide bonds. The number of carbonyl (C=O) groups excluding carboxylic acids is 1. The third-order valence-corrected chi connectivity index (χ3v) is 4.60. The summed E-state index contributed by atoms with van der Waals surface area (Å²) in [5.74, 6) is -0.354. The highest BCUT2D eigenvalue weighted by Crippen LogP contribution is 2.20. The van der Waals surface area contributed by atoms with Crippen LogP contribution in [0.25, 0.3) is 0 Å². The van der Waals surface area contributed by atoms with E-state index < -0.39 is 0 Å². The van der Waals surface area contributed by atoms with Gasteiger partial charge in [-0.15, -0.1) is 0 Å². The van der Waals surface area contributed by atoms with Gasteiger partial charge >= 0.3 is 0 Å². The minimum Gasteiger partial charge on any atom is -0.335 e. The second kappa shape index (κ2) is 7.32. The van der Waals surface area contributed by atoms with Gasteiger partial charge in [0.2, 0.25) is 0 Å². The van der Waals surface area contributed by atoms with E-state index in [1.165, 1.54) is 12.1 Å². The van der Waals surface area contributed by atoms with Gasteiger partial charge in [0.1, 0.15) is 11.5 Å². The number of aryl methyl sites for hydroxylation is 1. The fourth-order valence-corrected chi connectivity index (χ4v) is 3.04. The first-order valence-electron chi connectivity index (χ1n) is 8.06. The van der Waals surface area contributed by atoms with Crippen molar-refractivity contribution < 1.29 is 9.18 Å². The van der Waals surface area contributed by atoms with E-state index in [4.69, 9.17) is 11.6 Å². The Labute approximate surface area is 145 Å². The molecule has 0 radical (unpaired) electrons. The molecule has 2 aromatic rings. The Kier molecular flexibility index (Phi) is 5.16. The summed E-state index contributed by atoms with van der Waals surface area (Å²) in [5.41, 5.74) is 1.39. The van der Waals surface area contributed by atoms with Crippen molar-refractivity contribution in [1.82, 2.24) is 19.6 Å². The summed E-state index contributed by atoms with van der Waals surface area (Å²) in [7, 11) is 0. The van der Waals surface area contributed by atoms with Crippen molar-refractivity contribution in [3.63, 3.8) is 0 Å². The first kappa shape index (κ1) is 16.9. The molecule has 2 heterocycles. The average molecular weight is 351 g/mol. The molecule has 1 fully saturated rings. The molecule has 0 aliphatic carbocycles. The maximum Gasteiger partial charge on any atom is 0.274 e. The molecule has 0 unspecified atom stereocenters. The molecule has 0 saturated carbocycles. The first-order valence-corrected chi connectivity index (χ1v) is 8.43. The van der Waals surface area contributed by atoms with Crippen molar-refractivity contribution in [2.75, 3.05) is 26.2 Å². The van der Waals surface area contributed by atoms with Crippen LogP contribution in [0.4, 0.5) is 4.39 Å². The number of nitrogens with zero attached hydrogens (tertiary/aromatic N) is 4. The highest BCUT2D eigenvalue weighted by atomic mass is 35.5. The lowest BCUT2D eigenvalue weighted by atomic mass is 10.2. The van der Waals surface area contributed by atoms with Gasteiger partial charge in [0.05, 0.1) is 0 Å². The standard InChI is InChI=1S/C17H20ClFN4O/c1-2-23-6-5-16(20-23)17(24)22-9-7-21(8-10-22)12-13-3-4-14(19)11-15(13)18/h3-6,11H,2,7-10,12H2,1H3. The highest BCUT2D eigenvalue weighted by Gasteiger charge is 2.24. The molecule has 0 atom stereocenters. The lowest BCUT2D eigenvalue weighted by Gasteiger charge is -2.34. The second-order valence-corrected chi connectivity index (χ2v) is 6.27.